The van der Waals surface area contributed by atoms with Crippen LogP contribution in [-0.2, 0) is 0 Å². The molecule has 0 saturated heterocycles. The van der Waals surface area contributed by atoms with Crippen molar-refractivity contribution in [3.8, 4) is 5.75 Å². The third-order valence-corrected chi connectivity index (χ3v) is 2.43. The zero-order valence-corrected chi connectivity index (χ0v) is 11.9. The van der Waals surface area contributed by atoms with Crippen molar-refractivity contribution in [2.24, 2.45) is 0 Å². The van der Waals surface area contributed by atoms with Crippen molar-refractivity contribution in [2.45, 2.75) is 26.8 Å². The molecular weight excluding hydrogens is 254 g/mol. The molecule has 1 aromatic heterocycles. The van der Waals surface area contributed by atoms with E-state index in [1.807, 2.05) is 45.0 Å². The van der Waals surface area contributed by atoms with Gasteiger partial charge in [0.15, 0.2) is 5.82 Å². The second-order valence-corrected chi connectivity index (χ2v) is 4.52. The molecule has 6 heteroatoms. The van der Waals surface area contributed by atoms with Gasteiger partial charge in [0.1, 0.15) is 5.75 Å². The summed E-state index contributed by atoms with van der Waals surface area (Å²) in [4.78, 5) is 4.36. The first-order chi connectivity index (χ1) is 9.69. The largest absolute Gasteiger partial charge is 0.492 e. The zero-order chi connectivity index (χ0) is 14.4. The molecule has 0 bridgehead atoms. The lowest BCUT2D eigenvalue weighted by Gasteiger charge is -2.12. The highest BCUT2D eigenvalue weighted by atomic mass is 16.5. The molecule has 0 atom stereocenters. The monoisotopic (exact) mass is 273 g/mol. The van der Waals surface area contributed by atoms with E-state index < -0.39 is 0 Å². The van der Waals surface area contributed by atoms with Crippen LogP contribution in [0, 0.1) is 0 Å². The topological polar surface area (TPSA) is 72.0 Å². The summed E-state index contributed by atoms with van der Waals surface area (Å²) >= 11 is 0. The smallest absolute Gasteiger partial charge is 0.244 e. The third-order valence-electron chi connectivity index (χ3n) is 2.43. The zero-order valence-electron chi connectivity index (χ0n) is 11.9. The molecule has 0 aliphatic carbocycles. The molecule has 106 valence electrons. The quantitative estimate of drug-likeness (QED) is 0.843. The molecule has 20 heavy (non-hydrogen) atoms. The minimum Gasteiger partial charge on any atom is -0.492 e. The van der Waals surface area contributed by atoms with Crippen LogP contribution in [0.15, 0.2) is 30.5 Å². The molecule has 6 nitrogen and oxygen atoms in total. The number of nitrogens with one attached hydrogen (secondary N) is 2. The van der Waals surface area contributed by atoms with E-state index in [-0.39, 0.29) is 6.04 Å². The highest BCUT2D eigenvalue weighted by Crippen LogP contribution is 2.26. The van der Waals surface area contributed by atoms with E-state index in [2.05, 4.69) is 25.8 Å². The van der Waals surface area contributed by atoms with Crippen LogP contribution >= 0.6 is 0 Å². The van der Waals surface area contributed by atoms with E-state index in [0.29, 0.717) is 18.4 Å². The van der Waals surface area contributed by atoms with Crippen LogP contribution in [0.5, 0.6) is 5.75 Å². The normalized spacial score (nSPS) is 10.4. The number of para-hydroxylation sites is 2. The number of hydrogen-bond donors (Lipinski definition) is 2. The van der Waals surface area contributed by atoms with Crippen LogP contribution in [-0.4, -0.2) is 27.8 Å². The van der Waals surface area contributed by atoms with Gasteiger partial charge in [0.25, 0.3) is 0 Å². The van der Waals surface area contributed by atoms with Gasteiger partial charge in [-0.15, -0.1) is 5.10 Å². The van der Waals surface area contributed by atoms with Crippen LogP contribution in [0.2, 0.25) is 0 Å². The Morgan fingerprint density at radius 2 is 2.05 bits per heavy atom. The van der Waals surface area contributed by atoms with Gasteiger partial charge >= 0.3 is 0 Å². The number of nitrogens with zero attached hydrogens (tertiary/aromatic N) is 3. The Kier molecular flexibility index (Phi) is 4.70. The predicted octanol–water partition coefficient (Wildman–Crippen LogP) is 2.83. The third kappa shape index (κ3) is 3.81. The molecule has 1 heterocycles. The molecule has 0 aliphatic rings. The van der Waals surface area contributed by atoms with Gasteiger partial charge in [-0.1, -0.05) is 12.1 Å². The summed E-state index contributed by atoms with van der Waals surface area (Å²) in [6, 6.07) is 7.96. The molecule has 0 unspecified atom stereocenters. The Hall–Kier alpha value is -2.37. The lowest BCUT2D eigenvalue weighted by Crippen LogP contribution is -2.13. The summed E-state index contributed by atoms with van der Waals surface area (Å²) in [5, 5.41) is 14.2. The Balaban J connectivity index is 2.17. The molecule has 2 N–H and O–H groups in total. The van der Waals surface area contributed by atoms with Crippen molar-refractivity contribution in [2.75, 3.05) is 17.2 Å². The summed E-state index contributed by atoms with van der Waals surface area (Å²) in [7, 11) is 0. The van der Waals surface area contributed by atoms with Gasteiger partial charge < -0.3 is 15.4 Å². The van der Waals surface area contributed by atoms with E-state index in [0.717, 1.165) is 11.4 Å². The molecule has 0 spiro atoms. The van der Waals surface area contributed by atoms with E-state index in [1.165, 1.54) is 0 Å². The van der Waals surface area contributed by atoms with Crippen molar-refractivity contribution in [1.82, 2.24) is 15.2 Å². The van der Waals surface area contributed by atoms with Crippen LogP contribution in [0.25, 0.3) is 0 Å². The molecular formula is C14H19N5O. The fraction of sp³-hybridized carbons (Fsp3) is 0.357. The van der Waals surface area contributed by atoms with Gasteiger partial charge in [0, 0.05) is 6.04 Å². The molecule has 0 saturated carbocycles. The van der Waals surface area contributed by atoms with E-state index in [1.54, 1.807) is 6.20 Å². The molecule has 2 aromatic rings. The first-order valence-electron chi connectivity index (χ1n) is 6.64. The maximum atomic E-state index is 5.56. The number of ether oxygens (including phenoxy) is 1. The van der Waals surface area contributed by atoms with Crippen LogP contribution < -0.4 is 15.4 Å². The molecule has 0 aliphatic heterocycles. The van der Waals surface area contributed by atoms with Crippen molar-refractivity contribution >= 4 is 17.5 Å². The van der Waals surface area contributed by atoms with E-state index in [4.69, 9.17) is 4.74 Å². The second kappa shape index (κ2) is 6.70. The van der Waals surface area contributed by atoms with E-state index >= 15 is 0 Å². The van der Waals surface area contributed by atoms with Gasteiger partial charge in [-0.2, -0.15) is 10.1 Å². The number of anilines is 3. The maximum Gasteiger partial charge on any atom is 0.244 e. The Bertz CT molecular complexity index is 559. The summed E-state index contributed by atoms with van der Waals surface area (Å²) in [5.41, 5.74) is 0.852. The number of aromatic nitrogens is 3. The van der Waals surface area contributed by atoms with Crippen LogP contribution in [0.1, 0.15) is 20.8 Å². The van der Waals surface area contributed by atoms with E-state index in [9.17, 15) is 0 Å². The average molecular weight is 273 g/mol. The summed E-state index contributed by atoms with van der Waals surface area (Å²) in [6.07, 6.45) is 1.58. The summed E-state index contributed by atoms with van der Waals surface area (Å²) in [5.74, 6) is 1.90. The highest BCUT2D eigenvalue weighted by Gasteiger charge is 2.06. The molecule has 2 rings (SSSR count). The summed E-state index contributed by atoms with van der Waals surface area (Å²) < 4.78 is 5.56. The molecule has 1 aromatic carbocycles. The van der Waals surface area contributed by atoms with Gasteiger partial charge in [0.2, 0.25) is 5.95 Å². The first-order valence-corrected chi connectivity index (χ1v) is 6.64. The summed E-state index contributed by atoms with van der Waals surface area (Å²) in [6.45, 7) is 6.61. The number of benzene rings is 1. The Morgan fingerprint density at radius 1 is 1.25 bits per heavy atom. The predicted molar refractivity (Wildman–Crippen MR) is 79.5 cm³/mol. The lowest BCUT2D eigenvalue weighted by atomic mass is 10.3. The fourth-order valence-electron chi connectivity index (χ4n) is 1.67. The van der Waals surface area contributed by atoms with Crippen molar-refractivity contribution in [1.29, 1.82) is 0 Å². The maximum absolute atomic E-state index is 5.56. The van der Waals surface area contributed by atoms with Crippen molar-refractivity contribution in [3.63, 3.8) is 0 Å². The lowest BCUT2D eigenvalue weighted by molar-refractivity contribution is 0.342. The minimum atomic E-state index is 0.253. The second-order valence-electron chi connectivity index (χ2n) is 4.52. The molecule has 0 amide bonds. The Labute approximate surface area is 118 Å². The molecule has 0 fully saturated rings. The number of rotatable bonds is 6. The fourth-order valence-corrected chi connectivity index (χ4v) is 1.67. The minimum absolute atomic E-state index is 0.253. The van der Waals surface area contributed by atoms with Crippen molar-refractivity contribution in [3.05, 3.63) is 30.5 Å². The van der Waals surface area contributed by atoms with Gasteiger partial charge in [-0.25, -0.2) is 0 Å². The highest BCUT2D eigenvalue weighted by molar-refractivity contribution is 5.63. The SMILES string of the molecule is CCOc1ccccc1Nc1cnnc(NC(C)C)n1. The first kappa shape index (κ1) is 14.0. The van der Waals surface area contributed by atoms with Crippen molar-refractivity contribution < 1.29 is 4.74 Å². The number of hydrogen-bond acceptors (Lipinski definition) is 6. The van der Waals surface area contributed by atoms with Crippen LogP contribution in [0.4, 0.5) is 17.5 Å². The van der Waals surface area contributed by atoms with Gasteiger partial charge in [-0.05, 0) is 32.9 Å². The molecule has 0 radical (unpaired) electrons. The van der Waals surface area contributed by atoms with Gasteiger partial charge in [-0.3, -0.25) is 0 Å². The van der Waals surface area contributed by atoms with Gasteiger partial charge in [0.05, 0.1) is 18.5 Å². The average Bonchev–Trinajstić information content (AvgIpc) is 2.41. The van der Waals surface area contributed by atoms with Crippen LogP contribution in [0.3, 0.4) is 0 Å². The standard InChI is InChI=1S/C14H19N5O/c1-4-20-12-8-6-5-7-11(12)17-13-9-15-19-14(18-13)16-10(2)3/h5-10H,4H2,1-3H3,(H2,16,17,18,19). The Morgan fingerprint density at radius 3 is 2.80 bits per heavy atom.